The molecule has 28 rings (SSSR count). The predicted molar refractivity (Wildman–Crippen MR) is 551 cm³/mol. The zero-order valence-corrected chi connectivity index (χ0v) is 70.6. The van der Waals surface area contributed by atoms with E-state index in [2.05, 4.69) is 472 Å². The van der Waals surface area contributed by atoms with Gasteiger partial charge in [-0.3, -0.25) is 0 Å². The van der Waals surface area contributed by atoms with Gasteiger partial charge in [-0.25, -0.2) is 0 Å². The molecule has 0 bridgehead atoms. The summed E-state index contributed by atoms with van der Waals surface area (Å²) in [5.41, 5.74) is 26.4. The van der Waals surface area contributed by atoms with Gasteiger partial charge in [-0.2, -0.15) is 0 Å². The third-order valence-corrected chi connectivity index (χ3v) is 27.0. The number of nitrogens with zero attached hydrogens (tertiary/aromatic N) is 1. The van der Waals surface area contributed by atoms with E-state index in [4.69, 9.17) is 13.3 Å². The summed E-state index contributed by atoms with van der Waals surface area (Å²) < 4.78 is 21.4. The standard InChI is InChI=1S/C48H29NO.C42H26O.C36H22O/c1-2-14-34(15-3-1)49-43-21-11-10-16-35(43)40-27-32(22-24-44(40)49)47-36-17-6-8-19-38(36)48(39-20-9-7-18-37(39)47)33-23-25-45-41(28-33)42-26-30-12-4-5-13-31(30)29-46(42)50-45;1-2-10-27(11-3-1)28-18-20-29(21-19-28)41-33-14-6-8-16-35(33)42(36-17-9-7-15-34(36)41)32-22-23-39-37(25-32)38-24-30-12-4-5-13-31(30)26-40(38)43-39;1-2-10-23(11-3-1)35-27-14-6-8-16-29(27)36(30-17-9-7-15-28(30)35)26-18-19-33-31(21-26)32-20-24-12-4-5-13-25(24)22-34(32)37-33/h1-29H;1-26H;1-22H. The van der Waals surface area contributed by atoms with Crippen molar-refractivity contribution in [3.63, 3.8) is 0 Å². The number of furan rings is 3. The summed E-state index contributed by atoms with van der Waals surface area (Å²) in [7, 11) is 0. The van der Waals surface area contributed by atoms with Crippen LogP contribution in [0.3, 0.4) is 0 Å². The van der Waals surface area contributed by atoms with E-state index in [1.807, 2.05) is 0 Å². The minimum atomic E-state index is 0.909. The van der Waals surface area contributed by atoms with Crippen LogP contribution in [0, 0.1) is 0 Å². The topological polar surface area (TPSA) is 44.4 Å². The van der Waals surface area contributed by atoms with Crippen LogP contribution in [0.4, 0.5) is 0 Å². The molecule has 0 aliphatic rings. The molecule has 0 aliphatic heterocycles. The Hall–Kier alpha value is -17.2. The Kier molecular flexibility index (Phi) is 17.3. The van der Waals surface area contributed by atoms with Crippen LogP contribution in [0.25, 0.3) is 268 Å². The van der Waals surface area contributed by atoms with E-state index in [1.165, 1.54) is 202 Å². The van der Waals surface area contributed by atoms with Crippen molar-refractivity contribution in [1.82, 2.24) is 4.57 Å². The van der Waals surface area contributed by atoms with Gasteiger partial charge in [0.1, 0.15) is 33.5 Å². The first kappa shape index (κ1) is 74.3. The Morgan fingerprint density at radius 2 is 0.338 bits per heavy atom. The van der Waals surface area contributed by atoms with Gasteiger partial charge in [0.15, 0.2) is 0 Å². The van der Waals surface area contributed by atoms with E-state index in [-0.39, 0.29) is 0 Å². The van der Waals surface area contributed by atoms with E-state index < -0.39 is 0 Å². The van der Waals surface area contributed by atoms with Crippen LogP contribution in [0.1, 0.15) is 0 Å². The molecule has 130 heavy (non-hydrogen) atoms. The SMILES string of the molecule is c1ccc(-c2c3ccccc3c(-c3ccc4oc5cc6ccccc6cc5c4c3)c3ccccc23)cc1.c1ccc(-c2ccc(-c3c4ccccc4c(-c4ccc5oc6cc7ccccc7cc6c5c4)c4ccccc34)cc2)cc1.c1ccc(-n2c3ccccc3c3cc(-c4c5ccccc5c(-c5ccc6oc7cc8ccccc8cc7c6c5)c5ccccc45)ccc32)cc1. The zero-order chi connectivity index (χ0) is 85.4. The van der Waals surface area contributed by atoms with Gasteiger partial charge in [0.25, 0.3) is 0 Å². The fraction of sp³-hybridized carbons (Fsp3) is 0. The average molecular weight is 1650 g/mol. The van der Waals surface area contributed by atoms with Crippen LogP contribution in [-0.2, 0) is 0 Å². The molecule has 0 aliphatic carbocycles. The van der Waals surface area contributed by atoms with Crippen molar-refractivity contribution in [2.45, 2.75) is 0 Å². The van der Waals surface area contributed by atoms with Gasteiger partial charge in [-0.05, 0) is 278 Å². The molecule has 28 aromatic rings. The van der Waals surface area contributed by atoms with Crippen molar-refractivity contribution in [2.75, 3.05) is 0 Å². The maximum atomic E-state index is 6.40. The van der Waals surface area contributed by atoms with Crippen LogP contribution < -0.4 is 0 Å². The molecule has 0 unspecified atom stereocenters. The number of benzene rings is 24. The van der Waals surface area contributed by atoms with Gasteiger partial charge in [0, 0.05) is 48.8 Å². The van der Waals surface area contributed by atoms with Crippen molar-refractivity contribution >= 4 is 185 Å². The predicted octanol–water partition coefficient (Wildman–Crippen LogP) is 35.9. The summed E-state index contributed by atoms with van der Waals surface area (Å²) in [5, 5.41) is 31.7. The Morgan fingerprint density at radius 3 is 0.677 bits per heavy atom. The Bertz CT molecular complexity index is 9310. The second-order valence-corrected chi connectivity index (χ2v) is 34.3. The number of para-hydroxylation sites is 2. The van der Waals surface area contributed by atoms with Crippen LogP contribution >= 0.6 is 0 Å². The number of fused-ring (bicyclic) bond motifs is 21. The van der Waals surface area contributed by atoms with Crippen molar-refractivity contribution in [2.24, 2.45) is 0 Å². The normalized spacial score (nSPS) is 11.8. The van der Waals surface area contributed by atoms with Gasteiger partial charge < -0.3 is 17.8 Å². The summed E-state index contributed by atoms with van der Waals surface area (Å²) in [6.45, 7) is 0. The first-order valence-corrected chi connectivity index (χ1v) is 44.6. The summed E-state index contributed by atoms with van der Waals surface area (Å²) >= 11 is 0. The highest BCUT2D eigenvalue weighted by atomic mass is 16.3. The summed E-state index contributed by atoms with van der Waals surface area (Å²) in [6.07, 6.45) is 0. The third-order valence-electron chi connectivity index (χ3n) is 27.0. The van der Waals surface area contributed by atoms with Gasteiger partial charge in [0.2, 0.25) is 0 Å². The molecule has 0 spiro atoms. The molecule has 0 atom stereocenters. The second-order valence-electron chi connectivity index (χ2n) is 34.3. The molecule has 24 aromatic carbocycles. The minimum Gasteiger partial charge on any atom is -0.456 e. The number of hydrogen-bond acceptors (Lipinski definition) is 3. The van der Waals surface area contributed by atoms with Crippen LogP contribution in [-0.4, -0.2) is 4.57 Å². The lowest BCUT2D eigenvalue weighted by Gasteiger charge is -2.18. The highest BCUT2D eigenvalue weighted by Crippen LogP contribution is 2.51. The van der Waals surface area contributed by atoms with E-state index in [9.17, 15) is 0 Å². The van der Waals surface area contributed by atoms with E-state index >= 15 is 0 Å². The summed E-state index contributed by atoms with van der Waals surface area (Å²) in [4.78, 5) is 0. The maximum Gasteiger partial charge on any atom is 0.136 e. The molecule has 4 heterocycles. The van der Waals surface area contributed by atoms with Gasteiger partial charge >= 0.3 is 0 Å². The number of aromatic nitrogens is 1. The van der Waals surface area contributed by atoms with Crippen molar-refractivity contribution < 1.29 is 13.3 Å². The van der Waals surface area contributed by atoms with E-state index in [1.54, 1.807) is 0 Å². The van der Waals surface area contributed by atoms with Crippen LogP contribution in [0.5, 0.6) is 0 Å². The molecule has 604 valence electrons. The number of hydrogen-bond donors (Lipinski definition) is 0. The van der Waals surface area contributed by atoms with Crippen molar-refractivity contribution in [3.8, 4) is 83.6 Å². The molecule has 0 amide bonds. The number of rotatable bonds is 8. The molecule has 0 radical (unpaired) electrons. The van der Waals surface area contributed by atoms with Crippen LogP contribution in [0.15, 0.2) is 480 Å². The lowest BCUT2D eigenvalue weighted by molar-refractivity contribution is 0.669. The maximum absolute atomic E-state index is 6.40. The van der Waals surface area contributed by atoms with Crippen LogP contribution in [0.2, 0.25) is 0 Å². The minimum absolute atomic E-state index is 0.909. The molecule has 0 N–H and O–H groups in total. The van der Waals surface area contributed by atoms with Crippen molar-refractivity contribution in [1.29, 1.82) is 0 Å². The molecule has 4 heteroatoms. The lowest BCUT2D eigenvalue weighted by Crippen LogP contribution is -1.93. The Balaban J connectivity index is 0.000000104. The van der Waals surface area contributed by atoms with Gasteiger partial charge in [-0.1, -0.05) is 364 Å². The molecule has 0 saturated heterocycles. The third kappa shape index (κ3) is 12.2. The second kappa shape index (κ2) is 30.3. The van der Waals surface area contributed by atoms with E-state index in [0.717, 1.165) is 65.8 Å². The molecular formula is C126H77NO3. The molecule has 4 aromatic heterocycles. The smallest absolute Gasteiger partial charge is 0.136 e. The average Bonchev–Trinajstić information content (AvgIpc) is 1.15. The molecular weight excluding hydrogens is 1580 g/mol. The quantitative estimate of drug-likeness (QED) is 0.142. The monoisotopic (exact) mass is 1650 g/mol. The zero-order valence-electron chi connectivity index (χ0n) is 70.6. The molecule has 0 saturated carbocycles. The van der Waals surface area contributed by atoms with Gasteiger partial charge in [0.05, 0.1) is 11.0 Å². The Labute approximate surface area is 747 Å². The highest BCUT2D eigenvalue weighted by molar-refractivity contribution is 6.27. The highest BCUT2D eigenvalue weighted by Gasteiger charge is 2.25. The Morgan fingerprint density at radius 1 is 0.123 bits per heavy atom. The summed E-state index contributed by atoms with van der Waals surface area (Å²) in [6, 6.07) is 169. The van der Waals surface area contributed by atoms with Crippen molar-refractivity contribution in [3.05, 3.63) is 467 Å². The molecule has 0 fully saturated rings. The largest absolute Gasteiger partial charge is 0.456 e. The first-order valence-electron chi connectivity index (χ1n) is 44.6. The fourth-order valence-electron chi connectivity index (χ4n) is 21.2. The lowest BCUT2D eigenvalue weighted by atomic mass is 9.85. The van der Waals surface area contributed by atoms with Gasteiger partial charge in [-0.15, -0.1) is 0 Å². The first-order chi connectivity index (χ1) is 64.5. The molecule has 4 nitrogen and oxygen atoms in total. The summed E-state index contributed by atoms with van der Waals surface area (Å²) in [5.74, 6) is 0. The fourth-order valence-corrected chi connectivity index (χ4v) is 21.2. The van der Waals surface area contributed by atoms with E-state index in [0.29, 0.717) is 0 Å².